The molecule has 23 heavy (non-hydrogen) atoms. The quantitative estimate of drug-likeness (QED) is 0.653. The van der Waals surface area contributed by atoms with Gasteiger partial charge in [-0.1, -0.05) is 0 Å². The molecule has 8 heteroatoms. The fourth-order valence-electron chi connectivity index (χ4n) is 2.91. The number of carbonyl (C=O) groups is 1. The van der Waals surface area contributed by atoms with Crippen molar-refractivity contribution in [3.63, 3.8) is 0 Å². The van der Waals surface area contributed by atoms with Gasteiger partial charge >= 0.3 is 0 Å². The first-order chi connectivity index (χ1) is 11.0. The summed E-state index contributed by atoms with van der Waals surface area (Å²) in [7, 11) is 1.86. The summed E-state index contributed by atoms with van der Waals surface area (Å²) < 4.78 is 7.94. The highest BCUT2D eigenvalue weighted by molar-refractivity contribution is 9.10. The zero-order valence-corrected chi connectivity index (χ0v) is 14.2. The molecule has 3 aromatic heterocycles. The van der Waals surface area contributed by atoms with Crippen LogP contribution < -0.4 is 5.01 Å². The number of hydrazine groups is 1. The Kier molecular flexibility index (Phi) is 3.15. The first-order valence-corrected chi connectivity index (χ1v) is 7.97. The fraction of sp³-hybridized carbons (Fsp3) is 0.267. The van der Waals surface area contributed by atoms with Crippen molar-refractivity contribution in [3.8, 4) is 0 Å². The van der Waals surface area contributed by atoms with Gasteiger partial charge in [-0.05, 0) is 22.9 Å². The maximum Gasteiger partial charge on any atom is 0.292 e. The monoisotopic (exact) mass is 375 g/mol. The first-order valence-electron chi connectivity index (χ1n) is 7.18. The molecule has 1 aliphatic rings. The molecule has 0 saturated carbocycles. The third-order valence-corrected chi connectivity index (χ3v) is 4.40. The summed E-state index contributed by atoms with van der Waals surface area (Å²) in [5, 5.41) is 7.85. The molecular weight excluding hydrogens is 362 g/mol. The normalized spacial score (nSPS) is 14.4. The van der Waals surface area contributed by atoms with E-state index >= 15 is 0 Å². The van der Waals surface area contributed by atoms with E-state index in [1.807, 2.05) is 19.0 Å². The number of hydrogen-bond donors (Lipinski definition) is 0. The SMILES string of the molecule is Cc1coc2c1N(C)N(C(=O)c1cc3ncc(Br)cn3n1)CC2. The van der Waals surface area contributed by atoms with Crippen molar-refractivity contribution >= 4 is 33.2 Å². The van der Waals surface area contributed by atoms with E-state index in [0.717, 1.165) is 21.5 Å². The molecule has 0 N–H and O–H groups in total. The van der Waals surface area contributed by atoms with Gasteiger partial charge in [-0.15, -0.1) is 0 Å². The predicted octanol–water partition coefficient (Wildman–Crippen LogP) is 2.44. The number of aromatic nitrogens is 3. The highest BCUT2D eigenvalue weighted by Crippen LogP contribution is 2.32. The van der Waals surface area contributed by atoms with Crippen molar-refractivity contribution in [2.75, 3.05) is 18.6 Å². The summed E-state index contributed by atoms with van der Waals surface area (Å²) >= 11 is 3.35. The molecule has 0 bridgehead atoms. The van der Waals surface area contributed by atoms with Crippen molar-refractivity contribution in [2.45, 2.75) is 13.3 Å². The summed E-state index contributed by atoms with van der Waals surface area (Å²) in [6.07, 6.45) is 5.87. The molecule has 1 aliphatic heterocycles. The number of hydrogen-bond acceptors (Lipinski definition) is 5. The van der Waals surface area contributed by atoms with Gasteiger partial charge in [0.05, 0.1) is 17.3 Å². The second-order valence-corrected chi connectivity index (χ2v) is 6.41. The zero-order chi connectivity index (χ0) is 16.1. The lowest BCUT2D eigenvalue weighted by Gasteiger charge is -2.36. The summed E-state index contributed by atoms with van der Waals surface area (Å²) in [4.78, 5) is 17.1. The molecule has 118 valence electrons. The van der Waals surface area contributed by atoms with Gasteiger partial charge in [0.15, 0.2) is 11.3 Å². The minimum absolute atomic E-state index is 0.152. The second-order valence-electron chi connectivity index (χ2n) is 5.50. The average molecular weight is 376 g/mol. The number of rotatable bonds is 1. The Morgan fingerprint density at radius 2 is 2.26 bits per heavy atom. The van der Waals surface area contributed by atoms with Crippen LogP contribution in [0.2, 0.25) is 0 Å². The fourth-order valence-corrected chi connectivity index (χ4v) is 3.21. The van der Waals surface area contributed by atoms with Gasteiger partial charge in [0.25, 0.3) is 5.91 Å². The largest absolute Gasteiger partial charge is 0.467 e. The minimum Gasteiger partial charge on any atom is -0.467 e. The van der Waals surface area contributed by atoms with Crippen molar-refractivity contribution in [1.82, 2.24) is 19.6 Å². The smallest absolute Gasteiger partial charge is 0.292 e. The van der Waals surface area contributed by atoms with E-state index in [-0.39, 0.29) is 5.91 Å². The Bertz CT molecular complexity index is 916. The van der Waals surface area contributed by atoms with Gasteiger partial charge in [0.1, 0.15) is 11.4 Å². The van der Waals surface area contributed by atoms with Gasteiger partial charge in [-0.3, -0.25) is 9.80 Å². The van der Waals surface area contributed by atoms with Crippen LogP contribution in [0, 0.1) is 6.92 Å². The number of carbonyl (C=O) groups excluding carboxylic acids is 1. The van der Waals surface area contributed by atoms with Gasteiger partial charge in [-0.2, -0.15) is 5.10 Å². The molecule has 0 radical (unpaired) electrons. The van der Waals surface area contributed by atoms with Crippen molar-refractivity contribution in [2.24, 2.45) is 0 Å². The summed E-state index contributed by atoms with van der Waals surface area (Å²) in [5.74, 6) is 0.759. The van der Waals surface area contributed by atoms with Gasteiger partial charge < -0.3 is 4.42 Å². The number of fused-ring (bicyclic) bond motifs is 2. The molecule has 0 fully saturated rings. The zero-order valence-electron chi connectivity index (χ0n) is 12.7. The molecule has 0 saturated heterocycles. The average Bonchev–Trinajstić information content (AvgIpc) is 3.11. The Morgan fingerprint density at radius 1 is 1.43 bits per heavy atom. The molecule has 3 aromatic rings. The van der Waals surface area contributed by atoms with Crippen LogP contribution in [0.4, 0.5) is 5.69 Å². The van der Waals surface area contributed by atoms with Crippen LogP contribution in [0.5, 0.6) is 0 Å². The standard InChI is InChI=1S/C15H14BrN5O2/c1-9-8-23-12-3-4-21(19(2)14(9)12)15(22)11-5-13-17-6-10(16)7-20(13)18-11/h5-8H,3-4H2,1-2H3. The van der Waals surface area contributed by atoms with Crippen molar-refractivity contribution in [1.29, 1.82) is 0 Å². The van der Waals surface area contributed by atoms with E-state index in [0.29, 0.717) is 24.3 Å². The molecule has 0 aromatic carbocycles. The molecule has 7 nitrogen and oxygen atoms in total. The van der Waals surface area contributed by atoms with Crippen molar-refractivity contribution < 1.29 is 9.21 Å². The summed E-state index contributed by atoms with van der Waals surface area (Å²) in [6.45, 7) is 2.53. The highest BCUT2D eigenvalue weighted by atomic mass is 79.9. The number of nitrogens with zero attached hydrogens (tertiary/aromatic N) is 5. The van der Waals surface area contributed by atoms with Crippen LogP contribution in [0.25, 0.3) is 5.65 Å². The maximum atomic E-state index is 12.8. The Hall–Kier alpha value is -2.35. The Morgan fingerprint density at radius 3 is 3.09 bits per heavy atom. The predicted molar refractivity (Wildman–Crippen MR) is 87.3 cm³/mol. The van der Waals surface area contributed by atoms with E-state index in [1.54, 1.807) is 34.2 Å². The van der Waals surface area contributed by atoms with E-state index in [2.05, 4.69) is 26.0 Å². The number of halogens is 1. The molecule has 0 atom stereocenters. The van der Waals surface area contributed by atoms with E-state index in [1.165, 1.54) is 0 Å². The first kappa shape index (κ1) is 14.3. The van der Waals surface area contributed by atoms with Gasteiger partial charge in [0.2, 0.25) is 0 Å². The van der Waals surface area contributed by atoms with E-state index in [9.17, 15) is 4.79 Å². The van der Waals surface area contributed by atoms with Crippen LogP contribution in [-0.4, -0.2) is 39.1 Å². The van der Waals surface area contributed by atoms with Crippen molar-refractivity contribution in [3.05, 3.63) is 46.2 Å². The highest BCUT2D eigenvalue weighted by Gasteiger charge is 2.31. The summed E-state index contributed by atoms with van der Waals surface area (Å²) in [5.41, 5.74) is 2.97. The molecule has 0 aliphatic carbocycles. The van der Waals surface area contributed by atoms with Crippen LogP contribution in [-0.2, 0) is 6.42 Å². The number of anilines is 1. The second kappa shape index (κ2) is 5.09. The molecule has 4 heterocycles. The van der Waals surface area contributed by atoms with E-state index in [4.69, 9.17) is 4.42 Å². The third kappa shape index (κ3) is 2.21. The number of furan rings is 1. The summed E-state index contributed by atoms with van der Waals surface area (Å²) in [6, 6.07) is 1.69. The van der Waals surface area contributed by atoms with Gasteiger partial charge in [-0.25, -0.2) is 14.5 Å². The van der Waals surface area contributed by atoms with Gasteiger partial charge in [0, 0.05) is 37.5 Å². The molecule has 0 unspecified atom stereocenters. The Balaban J connectivity index is 1.69. The molecule has 0 spiro atoms. The van der Waals surface area contributed by atoms with E-state index < -0.39 is 0 Å². The Labute approximate surface area is 140 Å². The molecule has 1 amide bonds. The molecule has 4 rings (SSSR count). The lowest BCUT2D eigenvalue weighted by atomic mass is 10.2. The van der Waals surface area contributed by atoms with Crippen LogP contribution >= 0.6 is 15.9 Å². The lowest BCUT2D eigenvalue weighted by Crippen LogP contribution is -2.48. The molecular formula is C15H14BrN5O2. The number of amides is 1. The van der Waals surface area contributed by atoms with Crippen LogP contribution in [0.3, 0.4) is 0 Å². The minimum atomic E-state index is -0.152. The maximum absolute atomic E-state index is 12.8. The van der Waals surface area contributed by atoms with Crippen LogP contribution in [0.1, 0.15) is 21.8 Å². The number of aryl methyl sites for hydroxylation is 1. The van der Waals surface area contributed by atoms with Crippen LogP contribution in [0.15, 0.2) is 33.6 Å². The third-order valence-electron chi connectivity index (χ3n) is 3.99. The topological polar surface area (TPSA) is 66.9 Å². The lowest BCUT2D eigenvalue weighted by molar-refractivity contribution is 0.0728.